The Morgan fingerprint density at radius 2 is 1.90 bits per heavy atom. The largest absolute Gasteiger partial charge is 0.494 e. The highest BCUT2D eigenvalue weighted by molar-refractivity contribution is 7.99. The lowest BCUT2D eigenvalue weighted by Gasteiger charge is -2.12. The maximum Gasteiger partial charge on any atom is 0.269 e. The molecule has 8 nitrogen and oxygen atoms in total. The van der Waals surface area contributed by atoms with Crippen molar-refractivity contribution in [2.45, 2.75) is 19.0 Å². The quantitative estimate of drug-likeness (QED) is 0.340. The van der Waals surface area contributed by atoms with Crippen LogP contribution < -0.4 is 15.6 Å². The normalized spacial score (nSPS) is 10.9. The van der Waals surface area contributed by atoms with E-state index in [0.29, 0.717) is 34.2 Å². The second kappa shape index (κ2) is 9.05. The average Bonchev–Trinajstić information content (AvgIpc) is 3.24. The molecule has 0 unspecified atom stereocenters. The molecule has 4 rings (SSSR count). The lowest BCUT2D eigenvalue weighted by molar-refractivity contribution is -0.113. The molecule has 4 aromatic rings. The number of amides is 1. The summed E-state index contributed by atoms with van der Waals surface area (Å²) in [6, 6.07) is 14.7. The maximum absolute atomic E-state index is 13.1. The van der Waals surface area contributed by atoms with Gasteiger partial charge in [-0.05, 0) is 50.2 Å². The fourth-order valence-electron chi connectivity index (χ4n) is 3.02. The summed E-state index contributed by atoms with van der Waals surface area (Å²) in [5, 5.41) is 10.3. The van der Waals surface area contributed by atoms with Crippen molar-refractivity contribution in [3.63, 3.8) is 0 Å². The second-order valence-corrected chi connectivity index (χ2v) is 7.74. The molecule has 0 aliphatic rings. The number of carbonyl (C=O) groups excluding carboxylic acids is 1. The molecule has 0 radical (unpaired) electrons. The van der Waals surface area contributed by atoms with Crippen LogP contribution in [0.2, 0.25) is 0 Å². The Hall–Kier alpha value is -3.59. The molecule has 0 saturated carbocycles. The Morgan fingerprint density at radius 3 is 2.61 bits per heavy atom. The summed E-state index contributed by atoms with van der Waals surface area (Å²) in [6.45, 7) is 4.45. The summed E-state index contributed by atoms with van der Waals surface area (Å²) in [6.07, 6.45) is 1.45. The van der Waals surface area contributed by atoms with Gasteiger partial charge in [-0.1, -0.05) is 29.5 Å². The summed E-state index contributed by atoms with van der Waals surface area (Å²) >= 11 is 1.18. The first-order valence-corrected chi connectivity index (χ1v) is 10.7. The van der Waals surface area contributed by atoms with E-state index in [9.17, 15) is 9.59 Å². The molecular weight excluding hydrogens is 414 g/mol. The van der Waals surface area contributed by atoms with Crippen LogP contribution in [0.15, 0.2) is 64.7 Å². The van der Waals surface area contributed by atoms with Gasteiger partial charge in [0.2, 0.25) is 5.91 Å². The van der Waals surface area contributed by atoms with Gasteiger partial charge in [0.05, 0.1) is 24.2 Å². The molecule has 31 heavy (non-hydrogen) atoms. The van der Waals surface area contributed by atoms with Crippen molar-refractivity contribution in [2.24, 2.45) is 0 Å². The van der Waals surface area contributed by atoms with Crippen molar-refractivity contribution in [2.75, 3.05) is 17.7 Å². The number of nitrogens with one attached hydrogen (secondary N) is 2. The Kier molecular flexibility index (Phi) is 6.03. The molecule has 1 amide bonds. The number of H-pyrrole nitrogens is 1. The molecule has 9 heteroatoms. The Labute approximate surface area is 182 Å². The third-order valence-corrected chi connectivity index (χ3v) is 5.46. The van der Waals surface area contributed by atoms with Gasteiger partial charge >= 0.3 is 0 Å². The minimum absolute atomic E-state index is 0.0942. The van der Waals surface area contributed by atoms with E-state index in [1.807, 2.05) is 38.1 Å². The number of aromatic amines is 1. The number of fused-ring (bicyclic) bond motifs is 1. The fraction of sp³-hybridized carbons (Fsp3) is 0.182. The predicted molar refractivity (Wildman–Crippen MR) is 121 cm³/mol. The molecule has 0 bridgehead atoms. The molecule has 158 valence electrons. The number of aromatic nitrogens is 4. The monoisotopic (exact) mass is 435 g/mol. The van der Waals surface area contributed by atoms with E-state index >= 15 is 0 Å². The first kappa shape index (κ1) is 20.7. The summed E-state index contributed by atoms with van der Waals surface area (Å²) in [5.74, 6) is 0.617. The van der Waals surface area contributed by atoms with Gasteiger partial charge < -0.3 is 10.1 Å². The maximum atomic E-state index is 13.1. The third kappa shape index (κ3) is 4.61. The zero-order chi connectivity index (χ0) is 21.8. The number of ether oxygens (including phenoxy) is 1. The van der Waals surface area contributed by atoms with E-state index in [1.165, 1.54) is 22.5 Å². The molecule has 2 N–H and O–H groups in total. The molecule has 0 aliphatic heterocycles. The molecule has 0 saturated heterocycles. The highest BCUT2D eigenvalue weighted by Crippen LogP contribution is 2.22. The smallest absolute Gasteiger partial charge is 0.269 e. The Balaban J connectivity index is 1.61. The van der Waals surface area contributed by atoms with E-state index in [-0.39, 0.29) is 17.2 Å². The molecule has 0 fully saturated rings. The van der Waals surface area contributed by atoms with Crippen molar-refractivity contribution < 1.29 is 9.53 Å². The number of thioether (sulfide) groups is 1. The molecule has 2 heterocycles. The van der Waals surface area contributed by atoms with Crippen molar-refractivity contribution in [3.8, 4) is 11.4 Å². The molecule has 0 spiro atoms. The minimum Gasteiger partial charge on any atom is -0.494 e. The number of aryl methyl sites for hydroxylation is 1. The van der Waals surface area contributed by atoms with E-state index in [2.05, 4.69) is 20.5 Å². The first-order chi connectivity index (χ1) is 15.0. The van der Waals surface area contributed by atoms with Gasteiger partial charge in [0.15, 0.2) is 10.8 Å². The second-order valence-electron chi connectivity index (χ2n) is 6.80. The zero-order valence-electron chi connectivity index (χ0n) is 17.1. The van der Waals surface area contributed by atoms with Crippen LogP contribution in [0.5, 0.6) is 5.75 Å². The topological polar surface area (TPSA) is 102 Å². The minimum atomic E-state index is -0.260. The SMILES string of the molecule is CCOc1ccc(-n2c(SCC(=O)Nc3ccc(C)cc3)nc3[nH]ncc3c2=O)cc1. The van der Waals surface area contributed by atoms with Crippen LogP contribution in [0.3, 0.4) is 0 Å². The molecule has 0 aliphatic carbocycles. The Bertz CT molecular complexity index is 1260. The zero-order valence-corrected chi connectivity index (χ0v) is 17.9. The molecular formula is C22H21N5O3S. The van der Waals surface area contributed by atoms with Crippen LogP contribution in [0, 0.1) is 6.92 Å². The summed E-state index contributed by atoms with van der Waals surface area (Å²) in [7, 11) is 0. The standard InChI is InChI=1S/C22H21N5O3S/c1-3-30-17-10-8-16(9-11-17)27-21(29)18-12-23-26-20(18)25-22(27)31-13-19(28)24-15-6-4-14(2)5-7-15/h4-12H,3,13H2,1-2H3,(H,23,26)(H,24,28). The first-order valence-electron chi connectivity index (χ1n) is 9.74. The van der Waals surface area contributed by atoms with Gasteiger partial charge in [-0.3, -0.25) is 19.3 Å². The number of hydrogen-bond donors (Lipinski definition) is 2. The predicted octanol–water partition coefficient (Wildman–Crippen LogP) is 3.55. The van der Waals surface area contributed by atoms with Gasteiger partial charge in [0.25, 0.3) is 5.56 Å². The van der Waals surface area contributed by atoms with E-state index in [1.54, 1.807) is 24.3 Å². The number of carbonyl (C=O) groups is 1. The third-order valence-electron chi connectivity index (χ3n) is 4.53. The average molecular weight is 436 g/mol. The van der Waals surface area contributed by atoms with Crippen molar-refractivity contribution in [3.05, 3.63) is 70.6 Å². The number of benzene rings is 2. The van der Waals surface area contributed by atoms with Crippen LogP contribution in [-0.4, -0.2) is 38.0 Å². The van der Waals surface area contributed by atoms with Crippen molar-refractivity contribution >= 4 is 34.4 Å². The number of anilines is 1. The van der Waals surface area contributed by atoms with Crippen LogP contribution in [0.4, 0.5) is 5.69 Å². The van der Waals surface area contributed by atoms with E-state index in [4.69, 9.17) is 4.74 Å². The summed E-state index contributed by atoms with van der Waals surface area (Å²) in [4.78, 5) is 30.1. The van der Waals surface area contributed by atoms with Gasteiger partial charge in [-0.2, -0.15) is 5.10 Å². The van der Waals surface area contributed by atoms with Gasteiger partial charge in [-0.25, -0.2) is 4.98 Å². The number of nitrogens with zero attached hydrogens (tertiary/aromatic N) is 3. The molecule has 2 aromatic heterocycles. The van der Waals surface area contributed by atoms with Gasteiger partial charge in [0, 0.05) is 5.69 Å². The highest BCUT2D eigenvalue weighted by Gasteiger charge is 2.16. The summed E-state index contributed by atoms with van der Waals surface area (Å²) in [5.41, 5.74) is 2.59. The number of hydrogen-bond acceptors (Lipinski definition) is 6. The van der Waals surface area contributed by atoms with Crippen LogP contribution in [0.25, 0.3) is 16.7 Å². The summed E-state index contributed by atoms with van der Waals surface area (Å²) < 4.78 is 6.97. The van der Waals surface area contributed by atoms with Gasteiger partial charge in [0.1, 0.15) is 11.1 Å². The van der Waals surface area contributed by atoms with Crippen LogP contribution in [0.1, 0.15) is 12.5 Å². The van der Waals surface area contributed by atoms with Gasteiger partial charge in [-0.15, -0.1) is 0 Å². The molecule has 0 atom stereocenters. The van der Waals surface area contributed by atoms with Crippen LogP contribution in [-0.2, 0) is 4.79 Å². The van der Waals surface area contributed by atoms with Crippen molar-refractivity contribution in [1.29, 1.82) is 0 Å². The molecule has 2 aromatic carbocycles. The van der Waals surface area contributed by atoms with Crippen LogP contribution >= 0.6 is 11.8 Å². The lowest BCUT2D eigenvalue weighted by Crippen LogP contribution is -2.22. The Morgan fingerprint density at radius 1 is 1.16 bits per heavy atom. The van der Waals surface area contributed by atoms with E-state index in [0.717, 1.165) is 11.3 Å². The lowest BCUT2D eigenvalue weighted by atomic mass is 10.2. The van der Waals surface area contributed by atoms with E-state index < -0.39 is 0 Å². The fourth-order valence-corrected chi connectivity index (χ4v) is 3.83. The van der Waals surface area contributed by atoms with Crippen molar-refractivity contribution in [1.82, 2.24) is 19.7 Å². The highest BCUT2D eigenvalue weighted by atomic mass is 32.2. The number of rotatable bonds is 7.